The molecule has 0 amide bonds. The predicted molar refractivity (Wildman–Crippen MR) is 82.1 cm³/mol. The van der Waals surface area contributed by atoms with Crippen molar-refractivity contribution in [3.63, 3.8) is 0 Å². The molecular formula is C16H18N4O. The Labute approximate surface area is 123 Å². The number of fused-ring (bicyclic) bond motifs is 1. The van der Waals surface area contributed by atoms with Crippen LogP contribution in [0, 0.1) is 0 Å². The number of ether oxygens (including phenoxy) is 1. The molecule has 0 unspecified atom stereocenters. The lowest BCUT2D eigenvalue weighted by Crippen LogP contribution is -1.96. The standard InChI is InChI=1S/C16H18N4O/c1-2-3-4-11-21-13-7-5-12(6-8-13)14-19-15-16(20-14)18-10-9-17-15/h5-10H,2-4,11H2,1H3,(H,17,18,19,20). The van der Waals surface area contributed by atoms with Crippen LogP contribution in [0.25, 0.3) is 22.7 Å². The van der Waals surface area contributed by atoms with Crippen LogP contribution in [0.3, 0.4) is 0 Å². The Bertz CT molecular complexity index is 673. The van der Waals surface area contributed by atoms with Gasteiger partial charge in [-0.25, -0.2) is 15.0 Å². The van der Waals surface area contributed by atoms with Gasteiger partial charge in [-0.15, -0.1) is 0 Å². The molecule has 0 saturated carbocycles. The highest BCUT2D eigenvalue weighted by molar-refractivity contribution is 5.71. The predicted octanol–water partition coefficient (Wildman–Crippen LogP) is 3.59. The smallest absolute Gasteiger partial charge is 0.197 e. The van der Waals surface area contributed by atoms with Gasteiger partial charge in [0.05, 0.1) is 6.61 Å². The number of aromatic amines is 1. The van der Waals surface area contributed by atoms with Crippen molar-refractivity contribution in [2.75, 3.05) is 6.61 Å². The van der Waals surface area contributed by atoms with Crippen molar-refractivity contribution in [1.82, 2.24) is 19.9 Å². The van der Waals surface area contributed by atoms with Gasteiger partial charge >= 0.3 is 0 Å². The summed E-state index contributed by atoms with van der Waals surface area (Å²) in [7, 11) is 0. The van der Waals surface area contributed by atoms with Crippen molar-refractivity contribution >= 4 is 11.3 Å². The number of hydrogen-bond acceptors (Lipinski definition) is 4. The highest BCUT2D eigenvalue weighted by Crippen LogP contribution is 2.21. The third kappa shape index (κ3) is 3.18. The number of benzene rings is 1. The normalized spacial score (nSPS) is 10.9. The molecule has 5 nitrogen and oxygen atoms in total. The number of nitrogens with one attached hydrogen (secondary N) is 1. The largest absolute Gasteiger partial charge is 0.494 e. The molecule has 0 saturated heterocycles. The topological polar surface area (TPSA) is 63.7 Å². The van der Waals surface area contributed by atoms with E-state index in [2.05, 4.69) is 26.9 Å². The van der Waals surface area contributed by atoms with E-state index in [1.54, 1.807) is 12.4 Å². The van der Waals surface area contributed by atoms with Crippen LogP contribution in [0.1, 0.15) is 26.2 Å². The molecule has 0 fully saturated rings. The zero-order valence-electron chi connectivity index (χ0n) is 12.0. The fourth-order valence-corrected chi connectivity index (χ4v) is 2.13. The molecule has 0 radical (unpaired) electrons. The number of aromatic nitrogens is 4. The second-order valence-corrected chi connectivity index (χ2v) is 4.89. The van der Waals surface area contributed by atoms with Gasteiger partial charge in [-0.3, -0.25) is 0 Å². The van der Waals surface area contributed by atoms with Crippen LogP contribution < -0.4 is 4.74 Å². The van der Waals surface area contributed by atoms with Gasteiger partial charge in [-0.1, -0.05) is 19.8 Å². The van der Waals surface area contributed by atoms with Gasteiger partial charge in [0, 0.05) is 18.0 Å². The number of hydrogen-bond donors (Lipinski definition) is 1. The van der Waals surface area contributed by atoms with Crippen LogP contribution in [-0.4, -0.2) is 26.5 Å². The SMILES string of the molecule is CCCCCOc1ccc(-c2nc3nccnc3[nH]2)cc1. The van der Waals surface area contributed by atoms with Gasteiger partial charge in [0.25, 0.3) is 0 Å². The molecule has 0 aliphatic rings. The molecular weight excluding hydrogens is 264 g/mol. The van der Waals surface area contributed by atoms with Crippen LogP contribution in [-0.2, 0) is 0 Å². The summed E-state index contributed by atoms with van der Waals surface area (Å²) in [5.41, 5.74) is 2.33. The van der Waals surface area contributed by atoms with Crippen LogP contribution in [0.15, 0.2) is 36.7 Å². The van der Waals surface area contributed by atoms with E-state index >= 15 is 0 Å². The lowest BCUT2D eigenvalue weighted by atomic mass is 10.2. The fraction of sp³-hybridized carbons (Fsp3) is 0.312. The summed E-state index contributed by atoms with van der Waals surface area (Å²) in [5, 5.41) is 0. The average Bonchev–Trinajstić information content (AvgIpc) is 2.96. The molecule has 5 heteroatoms. The number of rotatable bonds is 6. The molecule has 0 aliphatic carbocycles. The Morgan fingerprint density at radius 2 is 1.86 bits per heavy atom. The van der Waals surface area contributed by atoms with Gasteiger partial charge in [-0.2, -0.15) is 0 Å². The van der Waals surface area contributed by atoms with Gasteiger partial charge in [0.2, 0.25) is 0 Å². The minimum absolute atomic E-state index is 0.632. The second-order valence-electron chi connectivity index (χ2n) is 4.89. The molecule has 21 heavy (non-hydrogen) atoms. The van der Waals surface area contributed by atoms with Crippen molar-refractivity contribution in [3.05, 3.63) is 36.7 Å². The number of nitrogens with zero attached hydrogens (tertiary/aromatic N) is 3. The number of H-pyrrole nitrogens is 1. The molecule has 2 aromatic heterocycles. The summed E-state index contributed by atoms with van der Waals surface area (Å²) in [5.74, 6) is 1.66. The van der Waals surface area contributed by atoms with E-state index < -0.39 is 0 Å². The lowest BCUT2D eigenvalue weighted by Gasteiger charge is -2.05. The summed E-state index contributed by atoms with van der Waals surface area (Å²) in [6.07, 6.45) is 6.80. The van der Waals surface area contributed by atoms with Crippen molar-refractivity contribution in [1.29, 1.82) is 0 Å². The van der Waals surface area contributed by atoms with Crippen molar-refractivity contribution < 1.29 is 4.74 Å². The quantitative estimate of drug-likeness (QED) is 0.702. The Kier molecular flexibility index (Phi) is 4.09. The molecule has 0 atom stereocenters. The van der Waals surface area contributed by atoms with Crippen LogP contribution in [0.4, 0.5) is 0 Å². The lowest BCUT2D eigenvalue weighted by molar-refractivity contribution is 0.306. The first-order valence-corrected chi connectivity index (χ1v) is 7.27. The summed E-state index contributed by atoms with van der Waals surface area (Å²) < 4.78 is 5.70. The Balaban J connectivity index is 1.71. The van der Waals surface area contributed by atoms with Gasteiger partial charge < -0.3 is 9.72 Å². The van der Waals surface area contributed by atoms with Crippen LogP contribution in [0.2, 0.25) is 0 Å². The van der Waals surface area contributed by atoms with E-state index in [9.17, 15) is 0 Å². The Morgan fingerprint density at radius 3 is 2.62 bits per heavy atom. The first kappa shape index (κ1) is 13.5. The second kappa shape index (κ2) is 6.35. The van der Waals surface area contributed by atoms with Crippen LogP contribution >= 0.6 is 0 Å². The number of unbranched alkanes of at least 4 members (excludes halogenated alkanes) is 2. The third-order valence-corrected chi connectivity index (χ3v) is 3.28. The zero-order valence-corrected chi connectivity index (χ0v) is 12.0. The third-order valence-electron chi connectivity index (χ3n) is 3.28. The molecule has 1 aromatic carbocycles. The van der Waals surface area contributed by atoms with Gasteiger partial charge in [0.15, 0.2) is 11.3 Å². The van der Waals surface area contributed by atoms with Crippen molar-refractivity contribution in [3.8, 4) is 17.1 Å². The van der Waals surface area contributed by atoms with Gasteiger partial charge in [0.1, 0.15) is 11.6 Å². The van der Waals surface area contributed by atoms with E-state index in [1.807, 2.05) is 24.3 Å². The molecule has 1 N–H and O–H groups in total. The van der Waals surface area contributed by atoms with E-state index in [0.29, 0.717) is 11.3 Å². The average molecular weight is 282 g/mol. The molecule has 3 aromatic rings. The first-order valence-electron chi connectivity index (χ1n) is 7.27. The molecule has 0 bridgehead atoms. The fourth-order valence-electron chi connectivity index (χ4n) is 2.13. The van der Waals surface area contributed by atoms with E-state index in [-0.39, 0.29) is 0 Å². The van der Waals surface area contributed by atoms with E-state index in [1.165, 1.54) is 12.8 Å². The summed E-state index contributed by atoms with van der Waals surface area (Å²) in [6.45, 7) is 2.96. The number of imidazole rings is 1. The monoisotopic (exact) mass is 282 g/mol. The highest BCUT2D eigenvalue weighted by Gasteiger charge is 2.06. The summed E-state index contributed by atoms with van der Waals surface area (Å²) >= 11 is 0. The minimum atomic E-state index is 0.632. The summed E-state index contributed by atoms with van der Waals surface area (Å²) in [4.78, 5) is 16.0. The van der Waals surface area contributed by atoms with Crippen molar-refractivity contribution in [2.24, 2.45) is 0 Å². The van der Waals surface area contributed by atoms with Crippen LogP contribution in [0.5, 0.6) is 5.75 Å². The molecule has 0 spiro atoms. The molecule has 0 aliphatic heterocycles. The van der Waals surface area contributed by atoms with Gasteiger partial charge in [-0.05, 0) is 30.7 Å². The molecule has 3 rings (SSSR count). The summed E-state index contributed by atoms with van der Waals surface area (Å²) in [6, 6.07) is 7.92. The first-order chi connectivity index (χ1) is 10.4. The maximum absolute atomic E-state index is 5.70. The van der Waals surface area contributed by atoms with Crippen molar-refractivity contribution in [2.45, 2.75) is 26.2 Å². The molecule has 2 heterocycles. The maximum atomic E-state index is 5.70. The maximum Gasteiger partial charge on any atom is 0.197 e. The Morgan fingerprint density at radius 1 is 1.05 bits per heavy atom. The zero-order chi connectivity index (χ0) is 14.5. The minimum Gasteiger partial charge on any atom is -0.494 e. The van der Waals surface area contributed by atoms with E-state index in [0.717, 1.165) is 30.2 Å². The van der Waals surface area contributed by atoms with E-state index in [4.69, 9.17) is 4.74 Å². The highest BCUT2D eigenvalue weighted by atomic mass is 16.5. The Hall–Kier alpha value is -2.43. The molecule has 108 valence electrons.